The van der Waals surface area contributed by atoms with Crippen LogP contribution >= 0.6 is 0 Å². The maximum Gasteiger partial charge on any atom is 0.326 e. The molecule has 0 saturated carbocycles. The summed E-state index contributed by atoms with van der Waals surface area (Å²) < 4.78 is 0. The lowest BCUT2D eigenvalue weighted by atomic mass is 10.0. The predicted octanol–water partition coefficient (Wildman–Crippen LogP) is -4.11. The highest BCUT2D eigenvalue weighted by Crippen LogP contribution is 2.09. The van der Waals surface area contributed by atoms with Gasteiger partial charge in [0.15, 0.2) is 0 Å². The first-order valence-electron chi connectivity index (χ1n) is 16.2. The minimum atomic E-state index is -1.68. The topological polar surface area (TPSA) is 321 Å². The van der Waals surface area contributed by atoms with Gasteiger partial charge in [0.1, 0.15) is 36.3 Å². The van der Waals surface area contributed by atoms with Crippen molar-refractivity contribution in [2.45, 2.75) is 95.7 Å². The molecule has 0 unspecified atom stereocenters. The van der Waals surface area contributed by atoms with E-state index in [2.05, 4.69) is 31.9 Å². The van der Waals surface area contributed by atoms with Crippen LogP contribution in [-0.4, -0.2) is 118 Å². The van der Waals surface area contributed by atoms with Crippen LogP contribution in [0.25, 0.3) is 0 Å². The molecule has 1 aromatic carbocycles. The van der Waals surface area contributed by atoms with Crippen LogP contribution in [0.1, 0.15) is 52.5 Å². The highest BCUT2D eigenvalue weighted by Gasteiger charge is 2.33. The van der Waals surface area contributed by atoms with Crippen molar-refractivity contribution in [2.24, 2.45) is 17.4 Å². The third-order valence-corrected chi connectivity index (χ3v) is 7.35. The van der Waals surface area contributed by atoms with E-state index >= 15 is 0 Å². The molecule has 13 N–H and O–H groups in total. The Morgan fingerprint density at radius 2 is 1.08 bits per heavy atom. The number of aliphatic hydroxyl groups excluding tert-OH is 2. The number of nitrogens with two attached hydrogens (primary N) is 2. The molecule has 284 valence electrons. The monoisotopic (exact) mass is 722 g/mol. The van der Waals surface area contributed by atoms with Gasteiger partial charge in [0.2, 0.25) is 41.4 Å². The minimum Gasteiger partial charge on any atom is -0.480 e. The van der Waals surface area contributed by atoms with Crippen LogP contribution in [0.5, 0.6) is 0 Å². The van der Waals surface area contributed by atoms with E-state index in [0.29, 0.717) is 5.56 Å². The number of aliphatic hydroxyl groups is 2. The number of amides is 7. The summed E-state index contributed by atoms with van der Waals surface area (Å²) in [5, 5.41) is 43.2. The summed E-state index contributed by atoms with van der Waals surface area (Å²) in [5.41, 5.74) is 11.3. The summed E-state index contributed by atoms with van der Waals surface area (Å²) in [6.45, 7) is 4.26. The molecule has 0 radical (unpaired) electrons. The smallest absolute Gasteiger partial charge is 0.326 e. The quantitative estimate of drug-likeness (QED) is 0.0544. The van der Waals surface area contributed by atoms with Crippen molar-refractivity contribution in [3.05, 3.63) is 35.9 Å². The van der Waals surface area contributed by atoms with Crippen LogP contribution in [0.15, 0.2) is 30.3 Å². The van der Waals surface area contributed by atoms with Gasteiger partial charge in [0.05, 0.1) is 19.3 Å². The number of nitrogens with one attached hydrogen (secondary N) is 6. The summed E-state index contributed by atoms with van der Waals surface area (Å²) in [7, 11) is 0. The predicted molar refractivity (Wildman–Crippen MR) is 181 cm³/mol. The van der Waals surface area contributed by atoms with Gasteiger partial charge in [-0.3, -0.25) is 33.6 Å². The van der Waals surface area contributed by atoms with Crippen molar-refractivity contribution >= 4 is 47.3 Å². The third kappa shape index (κ3) is 16.0. The van der Waals surface area contributed by atoms with Gasteiger partial charge < -0.3 is 58.7 Å². The van der Waals surface area contributed by atoms with Gasteiger partial charge in [-0.15, -0.1) is 0 Å². The Kier molecular flexibility index (Phi) is 18.8. The number of aliphatic carboxylic acids is 1. The van der Waals surface area contributed by atoms with Crippen LogP contribution < -0.4 is 43.4 Å². The molecule has 0 spiro atoms. The zero-order valence-electron chi connectivity index (χ0n) is 29.0. The van der Waals surface area contributed by atoms with Gasteiger partial charge >= 0.3 is 5.97 Å². The van der Waals surface area contributed by atoms with Gasteiger partial charge in [0, 0.05) is 12.8 Å². The van der Waals surface area contributed by atoms with E-state index in [1.807, 2.05) is 0 Å². The lowest BCUT2D eigenvalue weighted by Crippen LogP contribution is -2.61. The molecule has 19 heteroatoms. The molecule has 0 bridgehead atoms. The second-order valence-corrected chi connectivity index (χ2v) is 12.4. The maximum absolute atomic E-state index is 13.5. The first-order chi connectivity index (χ1) is 23.9. The van der Waals surface area contributed by atoms with Gasteiger partial charge in [-0.2, -0.15) is 0 Å². The Morgan fingerprint density at radius 3 is 1.55 bits per heavy atom. The van der Waals surface area contributed by atoms with Crippen molar-refractivity contribution in [3.63, 3.8) is 0 Å². The van der Waals surface area contributed by atoms with Crippen molar-refractivity contribution < 1.29 is 53.7 Å². The fourth-order valence-electron chi connectivity index (χ4n) is 4.49. The number of primary amides is 1. The van der Waals surface area contributed by atoms with Crippen molar-refractivity contribution in [2.75, 3.05) is 13.2 Å². The molecule has 1 rings (SSSR count). The molecule has 1 aromatic rings. The van der Waals surface area contributed by atoms with Crippen LogP contribution in [0.4, 0.5) is 0 Å². The molecule has 7 atom stereocenters. The van der Waals surface area contributed by atoms with Crippen molar-refractivity contribution in [3.8, 4) is 0 Å². The zero-order valence-corrected chi connectivity index (χ0v) is 29.0. The molecular formula is C32H50N8O11. The Labute approximate surface area is 295 Å². The van der Waals surface area contributed by atoms with E-state index in [9.17, 15) is 53.7 Å². The Morgan fingerprint density at radius 1 is 0.627 bits per heavy atom. The molecular weight excluding hydrogens is 672 g/mol. The van der Waals surface area contributed by atoms with Gasteiger partial charge in [0.25, 0.3) is 0 Å². The summed E-state index contributed by atoms with van der Waals surface area (Å²) in [6.07, 6.45) is -0.735. The average molecular weight is 723 g/mol. The summed E-state index contributed by atoms with van der Waals surface area (Å²) >= 11 is 0. The lowest BCUT2D eigenvalue weighted by molar-refractivity contribution is -0.142. The normalized spacial score (nSPS) is 15.1. The molecule has 0 fully saturated rings. The number of rotatable bonds is 22. The first-order valence-corrected chi connectivity index (χ1v) is 16.2. The largest absolute Gasteiger partial charge is 0.480 e. The van der Waals surface area contributed by atoms with Gasteiger partial charge in [-0.05, 0) is 38.2 Å². The number of carboxylic acids is 1. The molecule has 0 aliphatic carbocycles. The molecule has 51 heavy (non-hydrogen) atoms. The molecule has 7 amide bonds. The number of carbonyl (C=O) groups excluding carboxylic acids is 7. The number of carboxylic acid groups (broad SMARTS) is 1. The standard InChI is InChI=1S/C32H50N8O11/c1-16(2)12-21(37-30(48)24(15-42)40-31(49)23(14-41)39-27(45)18(4)35-26(44)17(3)33)29(47)36-20(10-11-25(34)43)28(46)38-22(32(50)51)13-19-8-6-5-7-9-19/h5-9,16-18,20-24,41-42H,10-15,33H2,1-4H3,(H2,34,43)(H,35,44)(H,36,47)(H,37,48)(H,38,46)(H,39,45)(H,40,49)(H,50,51)/t17-,18-,20-,21-,22-,23-,24-/m0/s1. The van der Waals surface area contributed by atoms with Gasteiger partial charge in [-0.1, -0.05) is 44.2 Å². The van der Waals surface area contributed by atoms with Crippen LogP contribution in [-0.2, 0) is 44.8 Å². The van der Waals surface area contributed by atoms with E-state index < -0.39 is 103 Å². The minimum absolute atomic E-state index is 0.0000664. The number of benzene rings is 1. The highest BCUT2D eigenvalue weighted by atomic mass is 16.4. The third-order valence-electron chi connectivity index (χ3n) is 7.35. The number of carbonyl (C=O) groups is 8. The SMILES string of the molecule is CC(C)C[C@H](NC(=O)[C@H](CO)NC(=O)[C@H](CO)NC(=O)[C@H](C)NC(=O)[C@H](C)N)C(=O)N[C@@H](CCC(N)=O)C(=O)N[C@@H](Cc1ccccc1)C(=O)O. The van der Waals surface area contributed by atoms with E-state index in [1.165, 1.54) is 13.8 Å². The average Bonchev–Trinajstić information content (AvgIpc) is 3.06. The Balaban J connectivity index is 3.08. The fraction of sp³-hybridized carbons (Fsp3) is 0.562. The van der Waals surface area contributed by atoms with E-state index in [-0.39, 0.29) is 31.6 Å². The molecule has 0 aromatic heterocycles. The van der Waals surface area contributed by atoms with E-state index in [4.69, 9.17) is 11.5 Å². The lowest BCUT2D eigenvalue weighted by Gasteiger charge is -2.27. The van der Waals surface area contributed by atoms with Crippen LogP contribution in [0.3, 0.4) is 0 Å². The second-order valence-electron chi connectivity index (χ2n) is 12.4. The number of hydrogen-bond donors (Lipinski definition) is 11. The molecule has 0 heterocycles. The molecule has 0 aliphatic rings. The Bertz CT molecular complexity index is 1380. The summed E-state index contributed by atoms with van der Waals surface area (Å²) in [6, 6.07) is -1.08. The van der Waals surface area contributed by atoms with E-state index in [0.717, 1.165) is 0 Å². The highest BCUT2D eigenvalue weighted by molar-refractivity contribution is 5.97. The van der Waals surface area contributed by atoms with Crippen LogP contribution in [0, 0.1) is 5.92 Å². The zero-order chi connectivity index (χ0) is 38.8. The fourth-order valence-corrected chi connectivity index (χ4v) is 4.49. The van der Waals surface area contributed by atoms with Crippen molar-refractivity contribution in [1.82, 2.24) is 31.9 Å². The van der Waals surface area contributed by atoms with E-state index in [1.54, 1.807) is 44.2 Å². The summed E-state index contributed by atoms with van der Waals surface area (Å²) in [5.74, 6) is -7.82. The molecule has 0 aliphatic heterocycles. The first kappa shape index (κ1) is 43.9. The number of hydrogen-bond acceptors (Lipinski definition) is 11. The van der Waals surface area contributed by atoms with Gasteiger partial charge in [-0.25, -0.2) is 4.79 Å². The maximum atomic E-state index is 13.5. The second kappa shape index (κ2) is 21.8. The Hall–Kier alpha value is -5.14. The van der Waals surface area contributed by atoms with Crippen molar-refractivity contribution in [1.29, 1.82) is 0 Å². The molecule has 19 nitrogen and oxygen atoms in total. The summed E-state index contributed by atoms with van der Waals surface area (Å²) in [4.78, 5) is 100. The molecule has 0 saturated heterocycles. The van der Waals surface area contributed by atoms with Crippen LogP contribution in [0.2, 0.25) is 0 Å².